The molecule has 1 saturated heterocycles. The van der Waals surface area contributed by atoms with Gasteiger partial charge in [-0.1, -0.05) is 13.8 Å². The molecule has 2 rings (SSSR count). The molecule has 1 aromatic heterocycles. The van der Waals surface area contributed by atoms with Gasteiger partial charge in [0.15, 0.2) is 0 Å². The first-order valence-electron chi connectivity index (χ1n) is 7.64. The smallest absolute Gasteiger partial charge is 0.323 e. The summed E-state index contributed by atoms with van der Waals surface area (Å²) in [4.78, 5) is 15.3. The maximum absolute atomic E-state index is 5.68. The van der Waals surface area contributed by atoms with Crippen molar-refractivity contribution in [1.29, 1.82) is 0 Å². The molecule has 0 aromatic carbocycles. The molecule has 7 heteroatoms. The summed E-state index contributed by atoms with van der Waals surface area (Å²) in [5, 5.41) is 3.13. The number of rotatable bonds is 7. The summed E-state index contributed by atoms with van der Waals surface area (Å²) in [5.41, 5.74) is 0. The molecule has 1 N–H and O–H groups in total. The zero-order chi connectivity index (χ0) is 15.1. The van der Waals surface area contributed by atoms with Gasteiger partial charge in [0.2, 0.25) is 11.9 Å². The van der Waals surface area contributed by atoms with Crippen LogP contribution in [-0.4, -0.2) is 54.4 Å². The van der Waals surface area contributed by atoms with Gasteiger partial charge >= 0.3 is 6.01 Å². The van der Waals surface area contributed by atoms with Crippen molar-refractivity contribution >= 4 is 11.9 Å². The van der Waals surface area contributed by atoms with Crippen LogP contribution in [0.5, 0.6) is 6.01 Å². The predicted octanol–water partition coefficient (Wildman–Crippen LogP) is 1.56. The van der Waals surface area contributed by atoms with Crippen molar-refractivity contribution in [1.82, 2.24) is 15.0 Å². The molecule has 0 bridgehead atoms. The summed E-state index contributed by atoms with van der Waals surface area (Å²) >= 11 is 0. The Kier molecular flexibility index (Phi) is 5.98. The second-order valence-electron chi connectivity index (χ2n) is 5.40. The lowest BCUT2D eigenvalue weighted by molar-refractivity contribution is 0.122. The summed E-state index contributed by atoms with van der Waals surface area (Å²) in [6, 6.07) is 0.392. The standard InChI is InChI=1S/C14H25N5O2/c1-4-15-12-16-13(19-6-9-20-10-7-19)18-14(17-12)21-8-5-11(2)3/h11H,4-10H2,1-3H3,(H,15,16,17,18). The predicted molar refractivity (Wildman–Crippen MR) is 82.0 cm³/mol. The maximum Gasteiger partial charge on any atom is 0.323 e. The van der Waals surface area contributed by atoms with E-state index in [9.17, 15) is 0 Å². The van der Waals surface area contributed by atoms with Crippen molar-refractivity contribution in [3.05, 3.63) is 0 Å². The second kappa shape index (κ2) is 7.97. The normalized spacial score (nSPS) is 15.3. The van der Waals surface area contributed by atoms with E-state index in [4.69, 9.17) is 9.47 Å². The first-order chi connectivity index (χ1) is 10.2. The lowest BCUT2D eigenvalue weighted by atomic mass is 10.1. The highest BCUT2D eigenvalue weighted by molar-refractivity contribution is 5.38. The number of hydrogen-bond acceptors (Lipinski definition) is 7. The van der Waals surface area contributed by atoms with Gasteiger partial charge in [0.05, 0.1) is 19.8 Å². The van der Waals surface area contributed by atoms with Crippen LogP contribution in [0.25, 0.3) is 0 Å². The highest BCUT2D eigenvalue weighted by atomic mass is 16.5. The van der Waals surface area contributed by atoms with E-state index < -0.39 is 0 Å². The Morgan fingerprint density at radius 3 is 2.67 bits per heavy atom. The molecule has 0 radical (unpaired) electrons. The van der Waals surface area contributed by atoms with E-state index in [1.807, 2.05) is 6.92 Å². The average molecular weight is 295 g/mol. The molecule has 0 atom stereocenters. The number of ether oxygens (including phenoxy) is 2. The molecule has 1 aliphatic rings. The number of nitrogens with one attached hydrogen (secondary N) is 1. The Labute approximate surface area is 126 Å². The molecule has 0 saturated carbocycles. The third kappa shape index (κ3) is 5.00. The van der Waals surface area contributed by atoms with Gasteiger partial charge in [-0.25, -0.2) is 0 Å². The first kappa shape index (κ1) is 15.8. The van der Waals surface area contributed by atoms with Crippen LogP contribution in [0.3, 0.4) is 0 Å². The van der Waals surface area contributed by atoms with E-state index >= 15 is 0 Å². The van der Waals surface area contributed by atoms with Gasteiger partial charge in [-0.05, 0) is 19.3 Å². The molecule has 118 valence electrons. The molecule has 1 fully saturated rings. The van der Waals surface area contributed by atoms with Crippen LogP contribution >= 0.6 is 0 Å². The monoisotopic (exact) mass is 295 g/mol. The second-order valence-corrected chi connectivity index (χ2v) is 5.40. The Morgan fingerprint density at radius 1 is 1.24 bits per heavy atom. The zero-order valence-corrected chi connectivity index (χ0v) is 13.1. The van der Waals surface area contributed by atoms with E-state index in [0.717, 1.165) is 26.1 Å². The summed E-state index contributed by atoms with van der Waals surface area (Å²) < 4.78 is 11.0. The van der Waals surface area contributed by atoms with Crippen molar-refractivity contribution in [3.63, 3.8) is 0 Å². The summed E-state index contributed by atoms with van der Waals surface area (Å²) in [7, 11) is 0. The third-order valence-electron chi connectivity index (χ3n) is 3.16. The molecule has 2 heterocycles. The van der Waals surface area contributed by atoms with Crippen LogP contribution in [0.15, 0.2) is 0 Å². The Balaban J connectivity index is 2.09. The van der Waals surface area contributed by atoms with E-state index in [2.05, 4.69) is 39.0 Å². The van der Waals surface area contributed by atoms with Crippen LogP contribution < -0.4 is 15.0 Å². The number of morpholine rings is 1. The van der Waals surface area contributed by atoms with Crippen molar-refractivity contribution in [3.8, 4) is 6.01 Å². The van der Waals surface area contributed by atoms with E-state index in [1.54, 1.807) is 0 Å². The van der Waals surface area contributed by atoms with Crippen LogP contribution in [0, 0.1) is 5.92 Å². The highest BCUT2D eigenvalue weighted by Gasteiger charge is 2.17. The van der Waals surface area contributed by atoms with E-state index in [0.29, 0.717) is 43.6 Å². The zero-order valence-electron chi connectivity index (χ0n) is 13.1. The molecule has 0 amide bonds. The molecule has 0 unspecified atom stereocenters. The molecular weight excluding hydrogens is 270 g/mol. The van der Waals surface area contributed by atoms with Crippen LogP contribution in [0.2, 0.25) is 0 Å². The van der Waals surface area contributed by atoms with Gasteiger partial charge in [0.1, 0.15) is 0 Å². The molecule has 1 aliphatic heterocycles. The summed E-state index contributed by atoms with van der Waals surface area (Å²) in [6.07, 6.45) is 0.981. The highest BCUT2D eigenvalue weighted by Crippen LogP contribution is 2.16. The SMILES string of the molecule is CCNc1nc(OCCC(C)C)nc(N2CCOCC2)n1. The topological polar surface area (TPSA) is 72.4 Å². The Morgan fingerprint density at radius 2 is 2.00 bits per heavy atom. The van der Waals surface area contributed by atoms with Crippen molar-refractivity contribution in [2.45, 2.75) is 27.2 Å². The van der Waals surface area contributed by atoms with E-state index in [1.165, 1.54) is 0 Å². The fourth-order valence-electron chi connectivity index (χ4n) is 1.94. The Hall–Kier alpha value is -1.63. The lowest BCUT2D eigenvalue weighted by Crippen LogP contribution is -2.37. The van der Waals surface area contributed by atoms with Gasteiger partial charge in [-0.2, -0.15) is 15.0 Å². The lowest BCUT2D eigenvalue weighted by Gasteiger charge is -2.27. The molecule has 0 aliphatic carbocycles. The minimum absolute atomic E-state index is 0.392. The molecular formula is C14H25N5O2. The number of aromatic nitrogens is 3. The number of nitrogens with zero attached hydrogens (tertiary/aromatic N) is 4. The van der Waals surface area contributed by atoms with Crippen LogP contribution in [0.4, 0.5) is 11.9 Å². The van der Waals surface area contributed by atoms with Gasteiger partial charge in [0.25, 0.3) is 0 Å². The first-order valence-corrected chi connectivity index (χ1v) is 7.64. The Bertz CT molecular complexity index is 435. The van der Waals surface area contributed by atoms with Gasteiger partial charge in [-0.3, -0.25) is 0 Å². The quantitative estimate of drug-likeness (QED) is 0.818. The number of hydrogen-bond donors (Lipinski definition) is 1. The van der Waals surface area contributed by atoms with Gasteiger partial charge in [-0.15, -0.1) is 0 Å². The fourth-order valence-corrected chi connectivity index (χ4v) is 1.94. The molecule has 0 spiro atoms. The fraction of sp³-hybridized carbons (Fsp3) is 0.786. The molecule has 7 nitrogen and oxygen atoms in total. The van der Waals surface area contributed by atoms with Crippen LogP contribution in [0.1, 0.15) is 27.2 Å². The molecule has 21 heavy (non-hydrogen) atoms. The van der Waals surface area contributed by atoms with Gasteiger partial charge in [0, 0.05) is 19.6 Å². The average Bonchev–Trinajstić information content (AvgIpc) is 2.48. The maximum atomic E-state index is 5.68. The summed E-state index contributed by atoms with van der Waals surface area (Å²) in [5.74, 6) is 1.82. The van der Waals surface area contributed by atoms with Crippen molar-refractivity contribution in [2.75, 3.05) is 49.7 Å². The largest absolute Gasteiger partial charge is 0.463 e. The third-order valence-corrected chi connectivity index (χ3v) is 3.16. The summed E-state index contributed by atoms with van der Waals surface area (Å²) in [6.45, 7) is 10.7. The number of anilines is 2. The minimum atomic E-state index is 0.392. The van der Waals surface area contributed by atoms with Crippen molar-refractivity contribution < 1.29 is 9.47 Å². The molecule has 1 aromatic rings. The van der Waals surface area contributed by atoms with Crippen molar-refractivity contribution in [2.24, 2.45) is 5.92 Å². The van der Waals surface area contributed by atoms with Gasteiger partial charge < -0.3 is 19.7 Å². The minimum Gasteiger partial charge on any atom is -0.463 e. The van der Waals surface area contributed by atoms with E-state index in [-0.39, 0.29) is 0 Å². The van der Waals surface area contributed by atoms with Crippen LogP contribution in [-0.2, 0) is 4.74 Å².